The largest absolute Gasteiger partial charge is 0.298 e. The van der Waals surface area contributed by atoms with Crippen molar-refractivity contribution in [3.8, 4) is 0 Å². The van der Waals surface area contributed by atoms with Gasteiger partial charge in [-0.15, -0.1) is 0 Å². The van der Waals surface area contributed by atoms with E-state index in [1.165, 1.54) is 12.1 Å². The summed E-state index contributed by atoms with van der Waals surface area (Å²) in [5.74, 6) is -4.26. The molecule has 1 aromatic carbocycles. The molecule has 0 fully saturated rings. The molecule has 0 aliphatic carbocycles. The maximum atomic E-state index is 14.7. The molecule has 0 spiro atoms. The standard InChI is InChI=1S/C14H14FNO3/c1-9(2)7-14(15,8-17)16-12(18)10-5-3-4-6-11(10)13(16)19/h3-6,8-9H,7H2,1-2H3/t14-/m1/s1. The van der Waals surface area contributed by atoms with Crippen LogP contribution in [0.1, 0.15) is 41.0 Å². The van der Waals surface area contributed by atoms with Crippen LogP contribution in [0.25, 0.3) is 0 Å². The summed E-state index contributed by atoms with van der Waals surface area (Å²) in [6.45, 7) is 3.44. The van der Waals surface area contributed by atoms with Gasteiger partial charge in [0.15, 0.2) is 6.29 Å². The van der Waals surface area contributed by atoms with Gasteiger partial charge in [0.2, 0.25) is 5.79 Å². The van der Waals surface area contributed by atoms with Crippen LogP contribution in [0.2, 0.25) is 0 Å². The van der Waals surface area contributed by atoms with Crippen molar-refractivity contribution >= 4 is 18.1 Å². The first kappa shape index (κ1) is 13.4. The Morgan fingerprint density at radius 2 is 1.68 bits per heavy atom. The first-order valence-corrected chi connectivity index (χ1v) is 6.04. The molecule has 0 N–H and O–H groups in total. The molecule has 2 amide bonds. The lowest BCUT2D eigenvalue weighted by Gasteiger charge is -2.29. The number of carbonyl (C=O) groups excluding carboxylic acids is 3. The quantitative estimate of drug-likeness (QED) is 0.475. The summed E-state index contributed by atoms with van der Waals surface area (Å²) in [7, 11) is 0. The van der Waals surface area contributed by atoms with Crippen LogP contribution in [0.3, 0.4) is 0 Å². The molecule has 0 bridgehead atoms. The third-order valence-electron chi connectivity index (χ3n) is 3.04. The zero-order valence-corrected chi connectivity index (χ0v) is 10.7. The van der Waals surface area contributed by atoms with E-state index in [0.29, 0.717) is 4.90 Å². The summed E-state index contributed by atoms with van der Waals surface area (Å²) >= 11 is 0. The summed E-state index contributed by atoms with van der Waals surface area (Å²) in [5.41, 5.74) is 0.278. The van der Waals surface area contributed by atoms with Gasteiger partial charge >= 0.3 is 0 Å². The maximum absolute atomic E-state index is 14.7. The highest BCUT2D eigenvalue weighted by Gasteiger charge is 2.49. The van der Waals surface area contributed by atoms with Gasteiger partial charge in [-0.25, -0.2) is 9.29 Å². The van der Waals surface area contributed by atoms with Crippen LogP contribution in [0.4, 0.5) is 4.39 Å². The molecule has 0 unspecified atom stereocenters. The lowest BCUT2D eigenvalue weighted by molar-refractivity contribution is -0.127. The lowest BCUT2D eigenvalue weighted by Crippen LogP contribution is -2.50. The number of halogens is 1. The second kappa shape index (κ2) is 4.57. The Bertz CT molecular complexity index is 520. The van der Waals surface area contributed by atoms with E-state index in [-0.39, 0.29) is 29.8 Å². The van der Waals surface area contributed by atoms with E-state index in [4.69, 9.17) is 0 Å². The van der Waals surface area contributed by atoms with E-state index in [1.54, 1.807) is 26.0 Å². The predicted octanol–water partition coefficient (Wildman–Crippen LogP) is 2.19. The molecule has 2 rings (SSSR count). The Hall–Kier alpha value is -2.04. The first-order valence-electron chi connectivity index (χ1n) is 6.04. The number of benzene rings is 1. The molecule has 1 aromatic rings. The minimum Gasteiger partial charge on any atom is -0.298 e. The van der Waals surface area contributed by atoms with Crippen LogP contribution in [-0.2, 0) is 4.79 Å². The number of aldehydes is 1. The van der Waals surface area contributed by atoms with Crippen molar-refractivity contribution in [1.82, 2.24) is 4.90 Å². The molecular formula is C14H14FNO3. The van der Waals surface area contributed by atoms with Crippen LogP contribution in [0.15, 0.2) is 24.3 Å². The number of nitrogens with zero attached hydrogens (tertiary/aromatic N) is 1. The van der Waals surface area contributed by atoms with Gasteiger partial charge in [-0.1, -0.05) is 26.0 Å². The number of hydrogen-bond acceptors (Lipinski definition) is 3. The second-order valence-electron chi connectivity index (χ2n) is 5.03. The highest BCUT2D eigenvalue weighted by atomic mass is 19.1. The number of carbonyl (C=O) groups is 3. The minimum atomic E-state index is -2.58. The molecule has 0 saturated carbocycles. The fourth-order valence-corrected chi connectivity index (χ4v) is 2.29. The highest BCUT2D eigenvalue weighted by Crippen LogP contribution is 2.33. The summed E-state index contributed by atoms with van der Waals surface area (Å²) in [6, 6.07) is 6.10. The predicted molar refractivity (Wildman–Crippen MR) is 66.3 cm³/mol. The van der Waals surface area contributed by atoms with Gasteiger partial charge in [-0.05, 0) is 18.1 Å². The molecule has 19 heavy (non-hydrogen) atoms. The Kier molecular flexibility index (Phi) is 3.22. The van der Waals surface area contributed by atoms with E-state index in [1.807, 2.05) is 0 Å². The van der Waals surface area contributed by atoms with Crippen molar-refractivity contribution in [3.63, 3.8) is 0 Å². The van der Waals surface area contributed by atoms with Crippen molar-refractivity contribution in [1.29, 1.82) is 0 Å². The summed E-state index contributed by atoms with van der Waals surface area (Å²) in [4.78, 5) is 35.7. The van der Waals surface area contributed by atoms with E-state index >= 15 is 0 Å². The molecule has 0 radical (unpaired) electrons. The van der Waals surface area contributed by atoms with Gasteiger partial charge < -0.3 is 0 Å². The van der Waals surface area contributed by atoms with Crippen LogP contribution >= 0.6 is 0 Å². The van der Waals surface area contributed by atoms with Crippen LogP contribution in [0.5, 0.6) is 0 Å². The zero-order chi connectivity index (χ0) is 14.2. The van der Waals surface area contributed by atoms with Crippen LogP contribution in [0, 0.1) is 5.92 Å². The first-order chi connectivity index (χ1) is 8.90. The summed E-state index contributed by atoms with van der Waals surface area (Å²) < 4.78 is 14.7. The molecule has 5 heteroatoms. The second-order valence-corrected chi connectivity index (χ2v) is 5.03. The lowest BCUT2D eigenvalue weighted by atomic mass is 10.0. The van der Waals surface area contributed by atoms with Gasteiger partial charge in [0.05, 0.1) is 11.1 Å². The van der Waals surface area contributed by atoms with Crippen LogP contribution in [-0.4, -0.2) is 28.8 Å². The summed E-state index contributed by atoms with van der Waals surface area (Å²) in [6.07, 6.45) is -0.170. The average Bonchev–Trinajstić information content (AvgIpc) is 2.62. The van der Waals surface area contributed by atoms with Gasteiger partial charge in [0.1, 0.15) is 0 Å². The Morgan fingerprint density at radius 3 is 2.05 bits per heavy atom. The molecule has 1 atom stereocenters. The number of amides is 2. The van der Waals surface area contributed by atoms with Gasteiger partial charge in [-0.3, -0.25) is 14.4 Å². The fraction of sp³-hybridized carbons (Fsp3) is 0.357. The molecule has 1 aliphatic rings. The number of alkyl halides is 1. The maximum Gasteiger partial charge on any atom is 0.264 e. The van der Waals surface area contributed by atoms with Crippen molar-refractivity contribution in [2.24, 2.45) is 5.92 Å². The normalized spacial score (nSPS) is 17.6. The van der Waals surface area contributed by atoms with Crippen molar-refractivity contribution in [2.75, 3.05) is 0 Å². The number of rotatable bonds is 4. The van der Waals surface area contributed by atoms with Gasteiger partial charge in [0.25, 0.3) is 11.8 Å². The zero-order valence-electron chi connectivity index (χ0n) is 10.7. The minimum absolute atomic E-state index is 0.0364. The Labute approximate surface area is 110 Å². The van der Waals surface area contributed by atoms with Crippen LogP contribution < -0.4 is 0 Å². The Morgan fingerprint density at radius 1 is 1.21 bits per heavy atom. The molecule has 100 valence electrons. The van der Waals surface area contributed by atoms with E-state index in [9.17, 15) is 18.8 Å². The SMILES string of the molecule is CC(C)C[C@](F)(C=O)N1C(=O)c2ccccc2C1=O. The topological polar surface area (TPSA) is 54.5 Å². The monoisotopic (exact) mass is 263 g/mol. The summed E-state index contributed by atoms with van der Waals surface area (Å²) in [5, 5.41) is 0. The third kappa shape index (κ3) is 2.05. The van der Waals surface area contributed by atoms with Crippen molar-refractivity contribution in [2.45, 2.75) is 26.1 Å². The molecular weight excluding hydrogens is 249 g/mol. The van der Waals surface area contributed by atoms with E-state index in [2.05, 4.69) is 0 Å². The molecule has 4 nitrogen and oxygen atoms in total. The van der Waals surface area contributed by atoms with Gasteiger partial charge in [0, 0.05) is 6.42 Å². The number of fused-ring (bicyclic) bond motifs is 1. The van der Waals surface area contributed by atoms with Crippen molar-refractivity contribution < 1.29 is 18.8 Å². The molecule has 1 aliphatic heterocycles. The molecule has 0 aromatic heterocycles. The molecule has 1 heterocycles. The van der Waals surface area contributed by atoms with Gasteiger partial charge in [-0.2, -0.15) is 0 Å². The van der Waals surface area contributed by atoms with E-state index in [0.717, 1.165) is 0 Å². The number of imide groups is 1. The van der Waals surface area contributed by atoms with Crippen molar-refractivity contribution in [3.05, 3.63) is 35.4 Å². The highest BCUT2D eigenvalue weighted by molar-refractivity contribution is 6.22. The average molecular weight is 263 g/mol. The third-order valence-corrected chi connectivity index (χ3v) is 3.04. The Balaban J connectivity index is 2.46. The number of hydrogen-bond donors (Lipinski definition) is 0. The van der Waals surface area contributed by atoms with E-state index < -0.39 is 17.6 Å². The fourth-order valence-electron chi connectivity index (χ4n) is 2.29. The smallest absolute Gasteiger partial charge is 0.264 e. The molecule has 0 saturated heterocycles.